The average molecular weight is 493 g/mol. The molecule has 0 fully saturated rings. The first-order chi connectivity index (χ1) is 16.4. The van der Waals surface area contributed by atoms with Gasteiger partial charge in [-0.25, -0.2) is 13.2 Å². The zero-order valence-electron chi connectivity index (χ0n) is 18.3. The number of hydrazine groups is 1. The molecule has 0 aromatic heterocycles. The van der Waals surface area contributed by atoms with Crippen molar-refractivity contribution in [2.75, 3.05) is 12.1 Å². The summed E-state index contributed by atoms with van der Waals surface area (Å²) in [4.78, 5) is 12.3. The fourth-order valence-electron chi connectivity index (χ4n) is 4.28. The Morgan fingerprint density at radius 2 is 1.74 bits per heavy atom. The predicted octanol–water partition coefficient (Wildman–Crippen LogP) is 5.41. The lowest BCUT2D eigenvalue weighted by molar-refractivity contribution is 0.0600. The summed E-state index contributed by atoms with van der Waals surface area (Å²) in [7, 11) is -2.62. The minimum absolute atomic E-state index is 0.0896. The van der Waals surface area contributed by atoms with Crippen LogP contribution in [0.25, 0.3) is 10.8 Å². The molecule has 0 amide bonds. The Morgan fingerprint density at radius 1 is 0.971 bits per heavy atom. The monoisotopic (exact) mass is 492 g/mol. The number of nitrogens with zero attached hydrogens (tertiary/aromatic N) is 2. The van der Waals surface area contributed by atoms with Crippen molar-refractivity contribution in [2.45, 2.75) is 18.0 Å². The van der Waals surface area contributed by atoms with Gasteiger partial charge in [0.2, 0.25) is 0 Å². The van der Waals surface area contributed by atoms with E-state index in [9.17, 15) is 13.2 Å². The number of anilines is 1. The van der Waals surface area contributed by atoms with Crippen molar-refractivity contribution in [1.82, 2.24) is 4.41 Å². The molecule has 6 nitrogen and oxygen atoms in total. The fraction of sp³-hybridized carbons (Fsp3) is 0.115. The van der Waals surface area contributed by atoms with Crippen LogP contribution < -0.4 is 5.01 Å². The minimum Gasteiger partial charge on any atom is -0.465 e. The van der Waals surface area contributed by atoms with Gasteiger partial charge in [-0.05, 0) is 52.9 Å². The first-order valence-corrected chi connectivity index (χ1v) is 12.4. The van der Waals surface area contributed by atoms with Crippen LogP contribution in [-0.4, -0.2) is 25.9 Å². The van der Waals surface area contributed by atoms with E-state index in [1.807, 2.05) is 48.5 Å². The van der Waals surface area contributed by atoms with Crippen molar-refractivity contribution < 1.29 is 17.9 Å². The van der Waals surface area contributed by atoms with Gasteiger partial charge in [-0.15, -0.1) is 4.41 Å². The van der Waals surface area contributed by atoms with Crippen LogP contribution in [0.5, 0.6) is 0 Å². The zero-order chi connectivity index (χ0) is 23.9. The Labute approximate surface area is 203 Å². The van der Waals surface area contributed by atoms with E-state index in [1.54, 1.807) is 41.4 Å². The van der Waals surface area contributed by atoms with Gasteiger partial charge in [-0.1, -0.05) is 60.1 Å². The molecule has 34 heavy (non-hydrogen) atoms. The van der Waals surface area contributed by atoms with Gasteiger partial charge in [0, 0.05) is 10.4 Å². The van der Waals surface area contributed by atoms with Crippen molar-refractivity contribution in [3.63, 3.8) is 0 Å². The van der Waals surface area contributed by atoms with E-state index in [2.05, 4.69) is 0 Å². The molecule has 0 spiro atoms. The van der Waals surface area contributed by atoms with E-state index in [1.165, 1.54) is 11.5 Å². The van der Waals surface area contributed by atoms with Crippen molar-refractivity contribution >= 4 is 44.1 Å². The molecule has 1 heterocycles. The third-order valence-corrected chi connectivity index (χ3v) is 7.91. The summed E-state index contributed by atoms with van der Waals surface area (Å²) in [6.45, 7) is 0.376. The number of ether oxygens (including phenoxy) is 1. The molecular weight excluding hydrogens is 472 g/mol. The van der Waals surface area contributed by atoms with Gasteiger partial charge in [0.1, 0.15) is 0 Å². The lowest BCUT2D eigenvalue weighted by Gasteiger charge is -2.30. The van der Waals surface area contributed by atoms with Gasteiger partial charge < -0.3 is 4.74 Å². The highest BCUT2D eigenvalue weighted by atomic mass is 35.5. The topological polar surface area (TPSA) is 66.9 Å². The summed E-state index contributed by atoms with van der Waals surface area (Å²) in [5.74, 6) is -0.473. The maximum Gasteiger partial charge on any atom is 0.337 e. The molecule has 0 aliphatic carbocycles. The molecule has 0 atom stereocenters. The van der Waals surface area contributed by atoms with Gasteiger partial charge >= 0.3 is 5.97 Å². The summed E-state index contributed by atoms with van der Waals surface area (Å²) in [6.07, 6.45) is 0. The Kier molecular flexibility index (Phi) is 5.77. The maximum atomic E-state index is 14.0. The first-order valence-electron chi connectivity index (χ1n) is 10.6. The number of carbonyl (C=O) groups excluding carboxylic acids is 1. The van der Waals surface area contributed by atoms with Crippen LogP contribution in [0.4, 0.5) is 5.69 Å². The van der Waals surface area contributed by atoms with Crippen molar-refractivity contribution in [3.8, 4) is 0 Å². The lowest BCUT2D eigenvalue weighted by atomic mass is 10.1. The molecule has 5 rings (SSSR count). The predicted molar refractivity (Wildman–Crippen MR) is 132 cm³/mol. The third kappa shape index (κ3) is 3.92. The molecule has 0 saturated carbocycles. The average Bonchev–Trinajstić information content (AvgIpc) is 3.21. The second-order valence-corrected chi connectivity index (χ2v) is 10.2. The van der Waals surface area contributed by atoms with Crippen molar-refractivity contribution in [3.05, 3.63) is 107 Å². The number of carbonyl (C=O) groups is 1. The number of rotatable bonds is 5. The van der Waals surface area contributed by atoms with Gasteiger partial charge in [-0.2, -0.15) is 0 Å². The summed E-state index contributed by atoms with van der Waals surface area (Å²) in [5, 5.41) is 3.79. The van der Waals surface area contributed by atoms with Crippen LogP contribution in [0.1, 0.15) is 21.5 Å². The van der Waals surface area contributed by atoms with E-state index >= 15 is 0 Å². The number of sulfonamides is 1. The van der Waals surface area contributed by atoms with E-state index in [0.717, 1.165) is 10.9 Å². The summed E-state index contributed by atoms with van der Waals surface area (Å²) in [5.41, 5.74) is 2.65. The molecule has 0 N–H and O–H groups in total. The minimum atomic E-state index is -3.94. The zero-order valence-corrected chi connectivity index (χ0v) is 19.9. The van der Waals surface area contributed by atoms with E-state index < -0.39 is 16.0 Å². The van der Waals surface area contributed by atoms with Crippen molar-refractivity contribution in [1.29, 1.82) is 0 Å². The van der Waals surface area contributed by atoms with Gasteiger partial charge in [0.15, 0.2) is 0 Å². The van der Waals surface area contributed by atoms with Crippen LogP contribution in [0.3, 0.4) is 0 Å². The number of esters is 1. The van der Waals surface area contributed by atoms with Gasteiger partial charge in [-0.3, -0.25) is 5.01 Å². The smallest absolute Gasteiger partial charge is 0.337 e. The number of halogens is 1. The van der Waals surface area contributed by atoms with Gasteiger partial charge in [0.05, 0.1) is 36.3 Å². The van der Waals surface area contributed by atoms with E-state index in [4.69, 9.17) is 16.3 Å². The molecule has 0 bridgehead atoms. The normalized spacial score (nSPS) is 13.8. The largest absolute Gasteiger partial charge is 0.465 e. The first kappa shape index (κ1) is 22.4. The van der Waals surface area contributed by atoms with E-state index in [-0.39, 0.29) is 18.0 Å². The number of methoxy groups -OCH3 is 1. The Morgan fingerprint density at radius 3 is 2.53 bits per heavy atom. The van der Waals surface area contributed by atoms with Crippen LogP contribution in [0.15, 0.2) is 89.8 Å². The fourth-order valence-corrected chi connectivity index (χ4v) is 6.15. The molecule has 8 heteroatoms. The SMILES string of the molecule is COC(=O)c1ccc2c(c1)CN(S(=O)(=O)c1cccc3ccccc13)N2Cc1cccc(Cl)c1. The molecule has 1 aliphatic rings. The van der Waals surface area contributed by atoms with Crippen LogP contribution >= 0.6 is 11.6 Å². The molecule has 1 aliphatic heterocycles. The lowest BCUT2D eigenvalue weighted by Crippen LogP contribution is -2.41. The molecule has 4 aromatic carbocycles. The van der Waals surface area contributed by atoms with Crippen LogP contribution in [0.2, 0.25) is 5.02 Å². The second-order valence-electron chi connectivity index (χ2n) is 7.99. The molecule has 0 radical (unpaired) electrons. The summed E-state index contributed by atoms with van der Waals surface area (Å²) >= 11 is 6.19. The summed E-state index contributed by atoms with van der Waals surface area (Å²) < 4.78 is 34.3. The highest BCUT2D eigenvalue weighted by Gasteiger charge is 2.38. The Balaban J connectivity index is 1.63. The van der Waals surface area contributed by atoms with Crippen LogP contribution in [-0.2, 0) is 27.8 Å². The van der Waals surface area contributed by atoms with E-state index in [0.29, 0.717) is 27.2 Å². The quantitative estimate of drug-likeness (QED) is 0.349. The number of hydrogen-bond acceptors (Lipinski definition) is 5. The number of fused-ring (bicyclic) bond motifs is 2. The Hall–Kier alpha value is -3.39. The molecule has 4 aromatic rings. The number of hydrogen-bond donors (Lipinski definition) is 0. The highest BCUT2D eigenvalue weighted by molar-refractivity contribution is 7.89. The molecular formula is C26H21ClN2O4S. The molecule has 172 valence electrons. The highest BCUT2D eigenvalue weighted by Crippen LogP contribution is 2.38. The van der Waals surface area contributed by atoms with Crippen LogP contribution in [0, 0.1) is 0 Å². The summed E-state index contributed by atoms with van der Waals surface area (Å²) in [6, 6.07) is 25.1. The maximum absolute atomic E-state index is 14.0. The molecule has 0 saturated heterocycles. The third-order valence-electron chi connectivity index (χ3n) is 5.88. The number of benzene rings is 4. The van der Waals surface area contributed by atoms with Gasteiger partial charge in [0.25, 0.3) is 10.0 Å². The molecule has 0 unspecified atom stereocenters. The standard InChI is InChI=1S/C26H21ClN2O4S/c1-33-26(30)20-12-13-24-21(15-20)17-29(28(24)16-18-6-4-9-22(27)14-18)34(31,32)25-11-5-8-19-7-2-3-10-23(19)25/h2-15H,16-17H2,1H3. The Bertz CT molecular complexity index is 1520. The second kappa shape index (κ2) is 8.76. The van der Waals surface area contributed by atoms with Crippen molar-refractivity contribution in [2.24, 2.45) is 0 Å².